The Hall–Kier alpha value is -10.6. The summed E-state index contributed by atoms with van der Waals surface area (Å²) in [5, 5.41) is 22.8. The average Bonchev–Trinajstić information content (AvgIpc) is 3.51. The lowest BCUT2D eigenvalue weighted by atomic mass is 10.1. The third-order valence-electron chi connectivity index (χ3n) is 12.9. The van der Waals surface area contributed by atoms with E-state index in [4.69, 9.17) is 0 Å². The topological polar surface area (TPSA) is 259 Å². The molecule has 400 valence electrons. The van der Waals surface area contributed by atoms with E-state index >= 15 is 0 Å². The van der Waals surface area contributed by atoms with Crippen LogP contribution in [0.2, 0.25) is 0 Å². The van der Waals surface area contributed by atoms with E-state index in [1.165, 1.54) is 0 Å². The van der Waals surface area contributed by atoms with Gasteiger partial charge in [0.05, 0.1) is 0 Å². The van der Waals surface area contributed by atoms with Crippen LogP contribution in [-0.2, 0) is 52.4 Å². The van der Waals surface area contributed by atoms with E-state index in [0.717, 1.165) is 44.5 Å². The standard InChI is InChI=1S/C32H28N4O4.C30H26N6O4/c37-29-25-3-1-4-26(15-25)30(38)34-18-22-9-13-24(14-10-22)20-36-32(40)28-6-2-5-27(16-28)31(39)35-19-23-11-7-21(8-12-23)17-33-29;37-27-23-3-1-4-24(35-23)28(38)32-16-20-9-13-22(14-10-20)18-34-30(40)26-6-2-5-25(36-26)29(39)33-17-21-11-7-19(8-12-21)15-31-27/h1-16H,17-20H2,(H,33,37)(H,34,38)(H,35,39)(H,36,40);1-14H,15-18H2,(H,31,37)(H,32,38)(H,33,39)(H,34,40). The Balaban J connectivity index is 0.000000194. The van der Waals surface area contributed by atoms with Crippen LogP contribution in [-0.4, -0.2) is 57.2 Å². The number of benzene rings is 6. The smallest absolute Gasteiger partial charge is 0.270 e. The molecule has 0 aliphatic carbocycles. The lowest BCUT2D eigenvalue weighted by Gasteiger charge is -2.11. The molecule has 8 aliphatic heterocycles. The summed E-state index contributed by atoms with van der Waals surface area (Å²) >= 11 is 0. The van der Waals surface area contributed by atoms with Crippen molar-refractivity contribution in [2.45, 2.75) is 52.4 Å². The van der Waals surface area contributed by atoms with E-state index < -0.39 is 23.6 Å². The van der Waals surface area contributed by atoms with Crippen molar-refractivity contribution in [3.63, 3.8) is 0 Å². The summed E-state index contributed by atoms with van der Waals surface area (Å²) in [4.78, 5) is 110. The molecule has 0 fully saturated rings. The van der Waals surface area contributed by atoms with Crippen LogP contribution in [0.4, 0.5) is 0 Å². The highest BCUT2D eigenvalue weighted by Crippen LogP contribution is 2.14. The minimum atomic E-state index is -0.398. The molecular weight excluding hydrogens is 1010 g/mol. The normalized spacial score (nSPS) is 14.6. The van der Waals surface area contributed by atoms with Gasteiger partial charge in [-0.05, 0) is 105 Å². The Bertz CT molecular complexity index is 2910. The summed E-state index contributed by atoms with van der Waals surface area (Å²) in [5.74, 6) is -2.71. The summed E-state index contributed by atoms with van der Waals surface area (Å²) in [6, 6.07) is 52.4. The summed E-state index contributed by atoms with van der Waals surface area (Å²) in [6.07, 6.45) is 0. The van der Waals surface area contributed by atoms with Crippen LogP contribution < -0.4 is 42.5 Å². The van der Waals surface area contributed by atoms with Gasteiger partial charge in [0.2, 0.25) is 0 Å². The van der Waals surface area contributed by atoms with Gasteiger partial charge in [-0.2, -0.15) is 0 Å². The average molecular weight is 1070 g/mol. The van der Waals surface area contributed by atoms with Gasteiger partial charge in [-0.1, -0.05) is 121 Å². The fourth-order valence-electron chi connectivity index (χ4n) is 8.31. The van der Waals surface area contributed by atoms with Gasteiger partial charge in [0.15, 0.2) is 0 Å². The fraction of sp³-hybridized carbons (Fsp3) is 0.129. The predicted octanol–water partition coefficient (Wildman–Crippen LogP) is 6.23. The quantitative estimate of drug-likeness (QED) is 0.0849. The van der Waals surface area contributed by atoms with Crippen molar-refractivity contribution in [2.75, 3.05) is 0 Å². The van der Waals surface area contributed by atoms with Gasteiger partial charge >= 0.3 is 0 Å². The van der Waals surface area contributed by atoms with E-state index in [-0.39, 0.29) is 72.6 Å². The van der Waals surface area contributed by atoms with Crippen LogP contribution in [0.1, 0.15) is 128 Å². The highest BCUT2D eigenvalue weighted by Gasteiger charge is 2.17. The van der Waals surface area contributed by atoms with Gasteiger partial charge < -0.3 is 42.5 Å². The van der Waals surface area contributed by atoms with Crippen molar-refractivity contribution in [2.24, 2.45) is 0 Å². The molecule has 8 aliphatic rings. The zero-order chi connectivity index (χ0) is 55.8. The van der Waals surface area contributed by atoms with Gasteiger partial charge in [0.1, 0.15) is 22.8 Å². The summed E-state index contributed by atoms with van der Waals surface area (Å²) in [7, 11) is 0. The van der Waals surface area contributed by atoms with Crippen molar-refractivity contribution in [1.82, 2.24) is 52.5 Å². The lowest BCUT2D eigenvalue weighted by Crippen LogP contribution is -2.28. The minimum Gasteiger partial charge on any atom is -0.348 e. The number of carbonyl (C=O) groups excluding carboxylic acids is 8. The van der Waals surface area contributed by atoms with Crippen LogP contribution in [0, 0.1) is 0 Å². The highest BCUT2D eigenvalue weighted by atomic mass is 16.2. The van der Waals surface area contributed by atoms with Gasteiger partial charge in [0, 0.05) is 74.6 Å². The first kappa shape index (κ1) is 54.2. The molecule has 8 N–H and O–H groups in total. The van der Waals surface area contributed by atoms with E-state index in [9.17, 15) is 38.4 Å². The second-order valence-corrected chi connectivity index (χ2v) is 18.7. The van der Waals surface area contributed by atoms with Gasteiger partial charge in [-0.15, -0.1) is 0 Å². The maximum absolute atomic E-state index is 12.7. The molecule has 0 spiro atoms. The number of amides is 8. The van der Waals surface area contributed by atoms with Crippen LogP contribution >= 0.6 is 0 Å². The molecule has 8 amide bonds. The number of hydrogen-bond donors (Lipinski definition) is 8. The number of aromatic nitrogens is 2. The van der Waals surface area contributed by atoms with E-state index in [0.29, 0.717) is 48.4 Å². The third kappa shape index (κ3) is 14.9. The van der Waals surface area contributed by atoms with Crippen LogP contribution in [0.3, 0.4) is 0 Å². The molecular formula is C62H54N10O8. The van der Waals surface area contributed by atoms with E-state index in [2.05, 4.69) is 52.5 Å². The molecule has 10 heterocycles. The summed E-state index contributed by atoms with van der Waals surface area (Å²) in [6.45, 7) is 2.30. The van der Waals surface area contributed by atoms with Crippen molar-refractivity contribution in [3.8, 4) is 0 Å². The molecule has 2 aromatic heterocycles. The Labute approximate surface area is 460 Å². The largest absolute Gasteiger partial charge is 0.348 e. The SMILES string of the molecule is O=C1NCc2ccc(cc2)CNC(=O)c2cccc(c2)C(=O)NCc2ccc(cc2)CNC(=O)c2cccc1c2.O=C1NCc2ccc(cc2)CNC(=O)c2cccc(n2)C(=O)NCc2ccc(cc2)CNC(=O)c2cccc1n2. The Kier molecular flexibility index (Phi) is 17.6. The van der Waals surface area contributed by atoms with Crippen LogP contribution in [0.25, 0.3) is 0 Å². The first-order valence-electron chi connectivity index (χ1n) is 25.6. The summed E-state index contributed by atoms with van der Waals surface area (Å²) < 4.78 is 0. The molecule has 0 atom stereocenters. The maximum atomic E-state index is 12.7. The van der Waals surface area contributed by atoms with Gasteiger partial charge in [-0.3, -0.25) is 38.4 Å². The Morgan fingerprint density at radius 3 is 0.562 bits per heavy atom. The Morgan fingerprint density at radius 1 is 0.212 bits per heavy atom. The van der Waals surface area contributed by atoms with Crippen LogP contribution in [0.15, 0.2) is 182 Å². The summed E-state index contributed by atoms with van der Waals surface area (Å²) in [5.41, 5.74) is 9.09. The molecule has 16 rings (SSSR count). The molecule has 0 saturated carbocycles. The van der Waals surface area contributed by atoms with E-state index in [1.807, 2.05) is 97.1 Å². The Morgan fingerprint density at radius 2 is 0.375 bits per heavy atom. The number of carbonyl (C=O) groups is 8. The third-order valence-corrected chi connectivity index (χ3v) is 12.9. The first-order chi connectivity index (χ1) is 38.9. The minimum absolute atomic E-state index is 0.137. The molecule has 0 radical (unpaired) electrons. The zero-order valence-corrected chi connectivity index (χ0v) is 43.1. The number of nitrogens with one attached hydrogen (secondary N) is 8. The molecule has 0 saturated heterocycles. The molecule has 80 heavy (non-hydrogen) atoms. The fourth-order valence-corrected chi connectivity index (χ4v) is 8.31. The van der Waals surface area contributed by atoms with Crippen molar-refractivity contribution >= 4 is 47.3 Å². The molecule has 16 bridgehead atoms. The van der Waals surface area contributed by atoms with Crippen molar-refractivity contribution < 1.29 is 38.4 Å². The van der Waals surface area contributed by atoms with Gasteiger partial charge in [0.25, 0.3) is 47.3 Å². The second kappa shape index (κ2) is 25.9. The molecule has 0 unspecified atom stereocenters. The molecule has 8 aromatic rings. The zero-order valence-electron chi connectivity index (χ0n) is 43.1. The number of nitrogens with zero attached hydrogens (tertiary/aromatic N) is 2. The van der Waals surface area contributed by atoms with Crippen molar-refractivity contribution in [1.29, 1.82) is 0 Å². The second-order valence-electron chi connectivity index (χ2n) is 18.7. The maximum Gasteiger partial charge on any atom is 0.270 e. The molecule has 18 nitrogen and oxygen atoms in total. The lowest BCUT2D eigenvalue weighted by molar-refractivity contribution is 0.0925. The molecule has 18 heteroatoms. The monoisotopic (exact) mass is 1070 g/mol. The number of rotatable bonds is 0. The number of hydrogen-bond acceptors (Lipinski definition) is 10. The molecule has 6 aromatic carbocycles. The van der Waals surface area contributed by atoms with Gasteiger partial charge in [-0.25, -0.2) is 9.97 Å². The first-order valence-corrected chi connectivity index (χ1v) is 25.6. The predicted molar refractivity (Wildman–Crippen MR) is 296 cm³/mol. The number of pyridine rings is 2. The van der Waals surface area contributed by atoms with E-state index in [1.54, 1.807) is 84.9 Å². The highest BCUT2D eigenvalue weighted by molar-refractivity contribution is 6.01. The van der Waals surface area contributed by atoms with Crippen molar-refractivity contribution in [3.05, 3.63) is 272 Å². The van der Waals surface area contributed by atoms with Crippen LogP contribution in [0.5, 0.6) is 0 Å².